The SMILES string of the molecule is Cc1cc(C)nc(NS(=O)(=O)c2ccc(NC(=O)C3CCN(S(=O)(=O)Cc4c(Cl)cccc4Cl)CC3)cc2)n1. The molecule has 4 rings (SSSR count). The van der Waals surface area contributed by atoms with E-state index in [4.69, 9.17) is 23.2 Å². The van der Waals surface area contributed by atoms with Crippen LogP contribution >= 0.6 is 23.2 Å². The summed E-state index contributed by atoms with van der Waals surface area (Å²) in [6.45, 7) is 3.85. The minimum absolute atomic E-state index is 0.0135. The predicted octanol–water partition coefficient (Wildman–Crippen LogP) is 4.38. The molecule has 0 unspecified atom stereocenters. The fraction of sp³-hybridized carbons (Fsp3) is 0.320. The monoisotopic (exact) mass is 611 g/mol. The Bertz CT molecular complexity index is 1550. The lowest BCUT2D eigenvalue weighted by Crippen LogP contribution is -2.42. The van der Waals surface area contributed by atoms with E-state index in [9.17, 15) is 21.6 Å². The third-order valence-corrected chi connectivity index (χ3v) is 10.1. The van der Waals surface area contributed by atoms with Crippen LogP contribution in [0.1, 0.15) is 29.8 Å². The number of amides is 1. The van der Waals surface area contributed by atoms with Crippen LogP contribution in [0.25, 0.3) is 0 Å². The summed E-state index contributed by atoms with van der Waals surface area (Å²) in [6, 6.07) is 12.3. The smallest absolute Gasteiger partial charge is 0.264 e. The number of aryl methyl sites for hydroxylation is 2. The summed E-state index contributed by atoms with van der Waals surface area (Å²) in [5, 5.41) is 3.35. The fourth-order valence-corrected chi connectivity index (χ4v) is 7.51. The highest BCUT2D eigenvalue weighted by Gasteiger charge is 2.32. The van der Waals surface area contributed by atoms with Crippen LogP contribution in [-0.4, -0.2) is 50.1 Å². The number of carbonyl (C=O) groups is 1. The molecule has 0 saturated carbocycles. The van der Waals surface area contributed by atoms with Crippen LogP contribution in [0.2, 0.25) is 10.0 Å². The molecular formula is C25H27Cl2N5O5S2. The quantitative estimate of drug-likeness (QED) is 0.385. The van der Waals surface area contributed by atoms with Gasteiger partial charge in [-0.15, -0.1) is 0 Å². The molecule has 1 amide bonds. The molecule has 0 atom stereocenters. The van der Waals surface area contributed by atoms with Crippen LogP contribution in [0.4, 0.5) is 11.6 Å². The van der Waals surface area contributed by atoms with E-state index < -0.39 is 26.0 Å². The molecule has 0 radical (unpaired) electrons. The predicted molar refractivity (Wildman–Crippen MR) is 151 cm³/mol. The van der Waals surface area contributed by atoms with Crippen LogP contribution < -0.4 is 10.0 Å². The van der Waals surface area contributed by atoms with Crippen molar-refractivity contribution in [2.45, 2.75) is 37.3 Å². The van der Waals surface area contributed by atoms with E-state index in [1.807, 2.05) is 0 Å². The number of piperidine rings is 1. The molecule has 1 aromatic heterocycles. The van der Waals surface area contributed by atoms with Gasteiger partial charge in [0.2, 0.25) is 21.9 Å². The molecular weight excluding hydrogens is 585 g/mol. The zero-order chi connectivity index (χ0) is 28.4. The number of halogens is 2. The molecule has 2 N–H and O–H groups in total. The van der Waals surface area contributed by atoms with Crippen molar-refractivity contribution in [1.82, 2.24) is 14.3 Å². The van der Waals surface area contributed by atoms with Crippen LogP contribution in [0, 0.1) is 19.8 Å². The minimum atomic E-state index is -3.93. The summed E-state index contributed by atoms with van der Waals surface area (Å²) < 4.78 is 55.0. The highest BCUT2D eigenvalue weighted by Crippen LogP contribution is 2.29. The second kappa shape index (κ2) is 11.8. The Kier molecular flexibility index (Phi) is 8.82. The second-order valence-electron chi connectivity index (χ2n) is 9.22. The number of hydrogen-bond acceptors (Lipinski definition) is 7. The molecule has 10 nitrogen and oxygen atoms in total. The van der Waals surface area contributed by atoms with Gasteiger partial charge in [-0.05, 0) is 69.2 Å². The molecule has 0 spiro atoms. The molecule has 39 heavy (non-hydrogen) atoms. The molecule has 14 heteroatoms. The zero-order valence-corrected chi connectivity index (χ0v) is 24.3. The topological polar surface area (TPSA) is 138 Å². The maximum absolute atomic E-state index is 12.9. The zero-order valence-electron chi connectivity index (χ0n) is 21.2. The lowest BCUT2D eigenvalue weighted by Gasteiger charge is -2.30. The number of hydrogen-bond donors (Lipinski definition) is 2. The van der Waals surface area contributed by atoms with Crippen LogP contribution in [0.5, 0.6) is 0 Å². The Morgan fingerprint density at radius 3 is 2.08 bits per heavy atom. The Labute approximate surface area is 237 Å². The first-order valence-corrected chi connectivity index (χ1v) is 15.9. The third-order valence-electron chi connectivity index (χ3n) is 6.25. The molecule has 1 aliphatic heterocycles. The van der Waals surface area contributed by atoms with Crippen molar-refractivity contribution < 1.29 is 21.6 Å². The molecule has 0 aliphatic carbocycles. The first-order chi connectivity index (χ1) is 18.3. The number of rotatable bonds is 8. The first-order valence-electron chi connectivity index (χ1n) is 12.0. The Hall–Kier alpha value is -2.77. The minimum Gasteiger partial charge on any atom is -0.326 e. The molecule has 1 fully saturated rings. The average Bonchev–Trinajstić information content (AvgIpc) is 2.86. The number of carbonyl (C=O) groups excluding carboxylic acids is 1. The van der Waals surface area contributed by atoms with Gasteiger partial charge in [0.1, 0.15) is 0 Å². The second-order valence-corrected chi connectivity index (χ2v) is 13.7. The maximum atomic E-state index is 12.9. The Morgan fingerprint density at radius 2 is 1.51 bits per heavy atom. The van der Waals surface area contributed by atoms with Gasteiger partial charge in [-0.3, -0.25) is 4.79 Å². The van der Waals surface area contributed by atoms with Crippen LogP contribution in [-0.2, 0) is 30.6 Å². The van der Waals surface area contributed by atoms with Crippen molar-refractivity contribution in [2.24, 2.45) is 5.92 Å². The largest absolute Gasteiger partial charge is 0.326 e. The van der Waals surface area contributed by atoms with Gasteiger partial charge >= 0.3 is 0 Å². The summed E-state index contributed by atoms with van der Waals surface area (Å²) in [4.78, 5) is 21.0. The molecule has 0 bridgehead atoms. The first kappa shape index (κ1) is 29.2. The van der Waals surface area contributed by atoms with E-state index >= 15 is 0 Å². The highest BCUT2D eigenvalue weighted by molar-refractivity contribution is 7.92. The third kappa shape index (κ3) is 7.25. The molecule has 1 saturated heterocycles. The van der Waals surface area contributed by atoms with Gasteiger partial charge in [-0.1, -0.05) is 29.3 Å². The van der Waals surface area contributed by atoms with E-state index in [0.717, 1.165) is 0 Å². The molecule has 3 aromatic rings. The standard InChI is InChI=1S/C25H27Cl2N5O5S2/c1-16-14-17(2)29-25(28-16)31-39(36,37)20-8-6-19(7-9-20)30-24(33)18-10-12-32(13-11-18)38(34,35)15-21-22(26)4-3-5-23(21)27/h3-9,14,18H,10-13,15H2,1-2H3,(H,30,33)(H,28,29,31). The van der Waals surface area contributed by atoms with Gasteiger partial charge in [-0.2, -0.15) is 0 Å². The van der Waals surface area contributed by atoms with Crippen LogP contribution in [0.15, 0.2) is 53.4 Å². The summed E-state index contributed by atoms with van der Waals surface area (Å²) in [5.41, 5.74) is 2.03. The normalized spacial score (nSPS) is 15.2. The Morgan fingerprint density at radius 1 is 0.949 bits per heavy atom. The molecule has 2 heterocycles. The van der Waals surface area contributed by atoms with Gasteiger partial charge in [0.15, 0.2) is 0 Å². The van der Waals surface area contributed by atoms with Crippen molar-refractivity contribution >= 4 is 60.8 Å². The summed E-state index contributed by atoms with van der Waals surface area (Å²) in [6.07, 6.45) is 0.682. The lowest BCUT2D eigenvalue weighted by atomic mass is 9.97. The number of nitrogens with zero attached hydrogens (tertiary/aromatic N) is 3. The fourth-order valence-electron chi connectivity index (χ4n) is 4.25. The Balaban J connectivity index is 1.33. The molecule has 1 aliphatic rings. The van der Waals surface area contributed by atoms with Gasteiger partial charge in [0, 0.05) is 51.7 Å². The van der Waals surface area contributed by atoms with Crippen LogP contribution in [0.3, 0.4) is 0 Å². The number of sulfonamides is 2. The highest BCUT2D eigenvalue weighted by atomic mass is 35.5. The van der Waals surface area contributed by atoms with Gasteiger partial charge < -0.3 is 5.32 Å². The summed E-state index contributed by atoms with van der Waals surface area (Å²) in [7, 11) is -7.60. The van der Waals surface area contributed by atoms with Crippen molar-refractivity contribution in [1.29, 1.82) is 0 Å². The molecule has 208 valence electrons. The van der Waals surface area contributed by atoms with E-state index in [2.05, 4.69) is 20.0 Å². The maximum Gasteiger partial charge on any atom is 0.264 e. The number of nitrogens with one attached hydrogen (secondary N) is 2. The summed E-state index contributed by atoms with van der Waals surface area (Å²) >= 11 is 12.3. The van der Waals surface area contributed by atoms with Gasteiger partial charge in [0.25, 0.3) is 10.0 Å². The molecule has 2 aromatic carbocycles. The average molecular weight is 613 g/mol. The van der Waals surface area contributed by atoms with Crippen molar-refractivity contribution in [3.8, 4) is 0 Å². The van der Waals surface area contributed by atoms with Gasteiger partial charge in [-0.25, -0.2) is 35.8 Å². The number of benzene rings is 2. The van der Waals surface area contributed by atoms with E-state index in [-0.39, 0.29) is 45.6 Å². The van der Waals surface area contributed by atoms with E-state index in [1.54, 1.807) is 38.1 Å². The number of anilines is 2. The van der Waals surface area contributed by atoms with Crippen molar-refractivity contribution in [2.75, 3.05) is 23.1 Å². The van der Waals surface area contributed by atoms with Crippen molar-refractivity contribution in [3.63, 3.8) is 0 Å². The van der Waals surface area contributed by atoms with E-state index in [1.165, 1.54) is 28.6 Å². The van der Waals surface area contributed by atoms with E-state index in [0.29, 0.717) is 35.5 Å². The van der Waals surface area contributed by atoms with Gasteiger partial charge in [0.05, 0.1) is 10.6 Å². The lowest BCUT2D eigenvalue weighted by molar-refractivity contribution is -0.120. The summed E-state index contributed by atoms with van der Waals surface area (Å²) in [5.74, 6) is -0.999. The number of aromatic nitrogens is 2. The van der Waals surface area contributed by atoms with Crippen molar-refractivity contribution in [3.05, 3.63) is 75.5 Å².